The van der Waals surface area contributed by atoms with E-state index in [2.05, 4.69) is 10.9 Å². The number of hydrogen-bond donors (Lipinski definition) is 2. The zero-order valence-corrected chi connectivity index (χ0v) is 15.4. The molecular weight excluding hydrogens is 356 g/mol. The monoisotopic (exact) mass is 376 g/mol. The molecule has 0 unspecified atom stereocenters. The van der Waals surface area contributed by atoms with E-state index in [0.29, 0.717) is 40.9 Å². The molecule has 0 bridgehead atoms. The van der Waals surface area contributed by atoms with Crippen LogP contribution in [-0.4, -0.2) is 25.0 Å². The van der Waals surface area contributed by atoms with Crippen LogP contribution in [0.2, 0.25) is 5.02 Å². The van der Waals surface area contributed by atoms with Crippen LogP contribution in [0.1, 0.15) is 41.0 Å². The molecular formula is C19H21ClN2O4. The van der Waals surface area contributed by atoms with Crippen LogP contribution in [0.15, 0.2) is 42.5 Å². The third-order valence-electron chi connectivity index (χ3n) is 3.36. The van der Waals surface area contributed by atoms with Gasteiger partial charge in [-0.05, 0) is 55.8 Å². The predicted molar refractivity (Wildman–Crippen MR) is 99.8 cm³/mol. The number of ether oxygens (including phenoxy) is 2. The Labute approximate surface area is 157 Å². The molecule has 2 amide bonds. The maximum Gasteiger partial charge on any atom is 0.269 e. The van der Waals surface area contributed by atoms with Gasteiger partial charge in [-0.15, -0.1) is 0 Å². The van der Waals surface area contributed by atoms with E-state index in [4.69, 9.17) is 21.1 Å². The molecule has 7 heteroatoms. The smallest absolute Gasteiger partial charge is 0.269 e. The van der Waals surface area contributed by atoms with Crippen LogP contribution in [0.4, 0.5) is 0 Å². The molecule has 2 aromatic rings. The van der Waals surface area contributed by atoms with Crippen molar-refractivity contribution in [2.75, 3.05) is 13.2 Å². The van der Waals surface area contributed by atoms with Crippen LogP contribution in [-0.2, 0) is 0 Å². The molecule has 0 aliphatic carbocycles. The minimum Gasteiger partial charge on any atom is -0.490 e. The highest BCUT2D eigenvalue weighted by molar-refractivity contribution is 6.30. The molecule has 0 aromatic heterocycles. The van der Waals surface area contributed by atoms with E-state index in [0.717, 1.165) is 6.42 Å². The average Bonchev–Trinajstić information content (AvgIpc) is 2.65. The number of amides is 2. The number of hydrogen-bond acceptors (Lipinski definition) is 4. The van der Waals surface area contributed by atoms with E-state index in [-0.39, 0.29) is 0 Å². The van der Waals surface area contributed by atoms with Crippen molar-refractivity contribution in [2.24, 2.45) is 0 Å². The van der Waals surface area contributed by atoms with Gasteiger partial charge in [0.25, 0.3) is 11.8 Å². The van der Waals surface area contributed by atoms with E-state index >= 15 is 0 Å². The molecule has 0 atom stereocenters. The number of nitrogens with one attached hydrogen (secondary N) is 2. The molecule has 0 aliphatic rings. The number of carbonyl (C=O) groups excluding carboxylic acids is 2. The standard InChI is InChI=1S/C19H21ClN2O4/c1-3-11-26-16-10-7-14(12-17(16)25-4-2)19(24)22-21-18(23)13-5-8-15(20)9-6-13/h5-10,12H,3-4,11H2,1-2H3,(H,21,23)(H,22,24). The maximum atomic E-state index is 12.3. The average molecular weight is 377 g/mol. The zero-order chi connectivity index (χ0) is 18.9. The number of carbonyl (C=O) groups is 2. The summed E-state index contributed by atoms with van der Waals surface area (Å²) in [5.74, 6) is 0.159. The predicted octanol–water partition coefficient (Wildman–Crippen LogP) is 3.60. The van der Waals surface area contributed by atoms with Gasteiger partial charge in [0.1, 0.15) is 0 Å². The Kier molecular flexibility index (Phi) is 7.29. The largest absolute Gasteiger partial charge is 0.490 e. The van der Waals surface area contributed by atoms with Crippen LogP contribution in [0.25, 0.3) is 0 Å². The van der Waals surface area contributed by atoms with Gasteiger partial charge in [-0.25, -0.2) is 0 Å². The quantitative estimate of drug-likeness (QED) is 0.724. The molecule has 0 saturated heterocycles. The summed E-state index contributed by atoms with van der Waals surface area (Å²) >= 11 is 5.79. The number of benzene rings is 2. The van der Waals surface area contributed by atoms with E-state index < -0.39 is 11.8 Å². The van der Waals surface area contributed by atoms with Crippen LogP contribution >= 0.6 is 11.6 Å². The van der Waals surface area contributed by atoms with Gasteiger partial charge in [-0.1, -0.05) is 18.5 Å². The molecule has 6 nitrogen and oxygen atoms in total. The SMILES string of the molecule is CCCOc1ccc(C(=O)NNC(=O)c2ccc(Cl)cc2)cc1OCC. The molecule has 0 saturated carbocycles. The zero-order valence-electron chi connectivity index (χ0n) is 14.7. The van der Waals surface area contributed by atoms with Crippen molar-refractivity contribution in [3.8, 4) is 11.5 Å². The van der Waals surface area contributed by atoms with Crippen molar-refractivity contribution in [2.45, 2.75) is 20.3 Å². The molecule has 0 spiro atoms. The molecule has 0 aliphatic heterocycles. The maximum absolute atomic E-state index is 12.3. The fourth-order valence-electron chi connectivity index (χ4n) is 2.11. The molecule has 2 N–H and O–H groups in total. The first kappa shape index (κ1) is 19.6. The van der Waals surface area contributed by atoms with E-state index in [1.807, 2.05) is 13.8 Å². The second-order valence-electron chi connectivity index (χ2n) is 5.36. The lowest BCUT2D eigenvalue weighted by Crippen LogP contribution is -2.41. The molecule has 26 heavy (non-hydrogen) atoms. The Morgan fingerprint density at radius 1 is 0.885 bits per heavy atom. The number of halogens is 1. The highest BCUT2D eigenvalue weighted by atomic mass is 35.5. The van der Waals surface area contributed by atoms with Gasteiger partial charge < -0.3 is 9.47 Å². The Morgan fingerprint density at radius 2 is 1.50 bits per heavy atom. The summed E-state index contributed by atoms with van der Waals surface area (Å²) < 4.78 is 11.1. The van der Waals surface area contributed by atoms with Gasteiger partial charge in [0, 0.05) is 16.1 Å². The summed E-state index contributed by atoms with van der Waals surface area (Å²) in [6.07, 6.45) is 0.866. The molecule has 2 aromatic carbocycles. The van der Waals surface area contributed by atoms with Crippen LogP contribution < -0.4 is 20.3 Å². The minimum absolute atomic E-state index is 0.341. The van der Waals surface area contributed by atoms with Gasteiger partial charge in [-0.2, -0.15) is 0 Å². The van der Waals surface area contributed by atoms with E-state index in [9.17, 15) is 9.59 Å². The molecule has 138 valence electrons. The van der Waals surface area contributed by atoms with Crippen molar-refractivity contribution in [1.82, 2.24) is 10.9 Å². The molecule has 0 heterocycles. The van der Waals surface area contributed by atoms with E-state index in [1.165, 1.54) is 0 Å². The highest BCUT2D eigenvalue weighted by Gasteiger charge is 2.13. The first-order valence-electron chi connectivity index (χ1n) is 8.31. The Hall–Kier alpha value is -2.73. The topological polar surface area (TPSA) is 76.7 Å². The summed E-state index contributed by atoms with van der Waals surface area (Å²) in [6.45, 7) is 4.86. The third kappa shape index (κ3) is 5.39. The van der Waals surface area contributed by atoms with Crippen molar-refractivity contribution in [1.29, 1.82) is 0 Å². The normalized spacial score (nSPS) is 10.1. The van der Waals surface area contributed by atoms with Crippen molar-refractivity contribution >= 4 is 23.4 Å². The fraction of sp³-hybridized carbons (Fsp3) is 0.263. The van der Waals surface area contributed by atoms with Gasteiger partial charge in [0.15, 0.2) is 11.5 Å². The second kappa shape index (κ2) is 9.68. The van der Waals surface area contributed by atoms with E-state index in [1.54, 1.807) is 42.5 Å². The summed E-state index contributed by atoms with van der Waals surface area (Å²) in [4.78, 5) is 24.3. The molecule has 0 radical (unpaired) electrons. The van der Waals surface area contributed by atoms with Crippen molar-refractivity contribution in [3.63, 3.8) is 0 Å². The highest BCUT2D eigenvalue weighted by Crippen LogP contribution is 2.28. The number of rotatable bonds is 7. The van der Waals surface area contributed by atoms with Gasteiger partial charge in [0.05, 0.1) is 13.2 Å². The minimum atomic E-state index is -0.463. The van der Waals surface area contributed by atoms with Crippen molar-refractivity contribution in [3.05, 3.63) is 58.6 Å². The first-order chi connectivity index (χ1) is 12.5. The Morgan fingerprint density at radius 3 is 2.12 bits per heavy atom. The third-order valence-corrected chi connectivity index (χ3v) is 3.62. The van der Waals surface area contributed by atoms with Gasteiger partial charge >= 0.3 is 0 Å². The fourth-order valence-corrected chi connectivity index (χ4v) is 2.23. The summed E-state index contributed by atoms with van der Waals surface area (Å²) in [5.41, 5.74) is 5.46. The second-order valence-corrected chi connectivity index (χ2v) is 5.79. The lowest BCUT2D eigenvalue weighted by molar-refractivity contribution is 0.0846. The summed E-state index contributed by atoms with van der Waals surface area (Å²) in [6, 6.07) is 11.2. The summed E-state index contributed by atoms with van der Waals surface area (Å²) in [7, 11) is 0. The molecule has 0 fully saturated rings. The summed E-state index contributed by atoms with van der Waals surface area (Å²) in [5, 5.41) is 0.527. The van der Waals surface area contributed by atoms with Gasteiger partial charge in [0.2, 0.25) is 0 Å². The Bertz CT molecular complexity index is 763. The lowest BCUT2D eigenvalue weighted by Gasteiger charge is -2.13. The Balaban J connectivity index is 2.02. The van der Waals surface area contributed by atoms with Crippen LogP contribution in [0.3, 0.4) is 0 Å². The lowest BCUT2D eigenvalue weighted by atomic mass is 10.2. The van der Waals surface area contributed by atoms with Crippen molar-refractivity contribution < 1.29 is 19.1 Å². The van der Waals surface area contributed by atoms with Crippen LogP contribution in [0.5, 0.6) is 11.5 Å². The molecule has 2 rings (SSSR count). The van der Waals surface area contributed by atoms with Gasteiger partial charge in [-0.3, -0.25) is 20.4 Å². The first-order valence-corrected chi connectivity index (χ1v) is 8.68. The number of hydrazine groups is 1. The van der Waals surface area contributed by atoms with Crippen LogP contribution in [0, 0.1) is 0 Å².